The zero-order chi connectivity index (χ0) is 14.4. The van der Waals surface area contributed by atoms with Crippen molar-refractivity contribution in [1.82, 2.24) is 0 Å². The van der Waals surface area contributed by atoms with Gasteiger partial charge in [-0.1, -0.05) is 19.8 Å². The van der Waals surface area contributed by atoms with Crippen LogP contribution < -0.4 is 0 Å². The molecular formula is C15H22O4. The van der Waals surface area contributed by atoms with Crippen LogP contribution in [0.15, 0.2) is 12.1 Å². The van der Waals surface area contributed by atoms with Crippen LogP contribution in [0.1, 0.15) is 56.0 Å². The van der Waals surface area contributed by atoms with Crippen molar-refractivity contribution >= 4 is 5.97 Å². The fraction of sp³-hybridized carbons (Fsp3) is 0.533. The number of aromatic hydroxyl groups is 2. The molecule has 0 heterocycles. The average molecular weight is 266 g/mol. The van der Waals surface area contributed by atoms with E-state index < -0.39 is 5.97 Å². The molecule has 0 amide bonds. The van der Waals surface area contributed by atoms with E-state index >= 15 is 0 Å². The Morgan fingerprint density at radius 3 is 2.53 bits per heavy atom. The molecule has 1 aromatic rings. The summed E-state index contributed by atoms with van der Waals surface area (Å²) >= 11 is 0. The van der Waals surface area contributed by atoms with E-state index in [4.69, 9.17) is 4.74 Å². The Labute approximate surface area is 114 Å². The Kier molecular flexibility index (Phi) is 5.67. The molecule has 0 aliphatic heterocycles. The van der Waals surface area contributed by atoms with Crippen molar-refractivity contribution in [2.75, 3.05) is 0 Å². The number of unbranched alkanes of at least 4 members (excludes halogenated alkanes) is 2. The molecule has 19 heavy (non-hydrogen) atoms. The first-order chi connectivity index (χ1) is 8.95. The first-order valence-corrected chi connectivity index (χ1v) is 6.71. The summed E-state index contributed by atoms with van der Waals surface area (Å²) in [6.07, 6.45) is 3.40. The molecule has 0 fully saturated rings. The molecule has 0 saturated carbocycles. The van der Waals surface area contributed by atoms with Gasteiger partial charge >= 0.3 is 5.97 Å². The normalized spacial score (nSPS) is 10.7. The maximum absolute atomic E-state index is 12.0. The Hall–Kier alpha value is -1.71. The second-order valence-electron chi connectivity index (χ2n) is 4.91. The van der Waals surface area contributed by atoms with Crippen molar-refractivity contribution in [3.8, 4) is 11.5 Å². The van der Waals surface area contributed by atoms with Crippen LogP contribution in [0.5, 0.6) is 11.5 Å². The largest absolute Gasteiger partial charge is 0.508 e. The first kappa shape index (κ1) is 15.3. The molecule has 0 atom stereocenters. The first-order valence-electron chi connectivity index (χ1n) is 6.71. The lowest BCUT2D eigenvalue weighted by Gasteiger charge is -2.13. The second-order valence-corrected chi connectivity index (χ2v) is 4.91. The number of phenols is 2. The van der Waals surface area contributed by atoms with Crippen molar-refractivity contribution in [3.05, 3.63) is 23.3 Å². The second kappa shape index (κ2) is 7.02. The molecule has 0 aliphatic carbocycles. The number of aryl methyl sites for hydroxylation is 1. The Bertz CT molecular complexity index is 438. The molecule has 106 valence electrons. The van der Waals surface area contributed by atoms with Gasteiger partial charge in [-0.3, -0.25) is 0 Å². The molecule has 0 radical (unpaired) electrons. The fourth-order valence-corrected chi connectivity index (χ4v) is 1.94. The van der Waals surface area contributed by atoms with Gasteiger partial charge in [-0.05, 0) is 38.3 Å². The fourth-order valence-electron chi connectivity index (χ4n) is 1.94. The van der Waals surface area contributed by atoms with E-state index in [2.05, 4.69) is 6.92 Å². The topological polar surface area (TPSA) is 66.8 Å². The number of ether oxygens (including phenoxy) is 1. The Morgan fingerprint density at radius 2 is 1.95 bits per heavy atom. The average Bonchev–Trinajstić information content (AvgIpc) is 2.27. The number of carbonyl (C=O) groups is 1. The third-order valence-corrected chi connectivity index (χ3v) is 2.78. The van der Waals surface area contributed by atoms with Crippen molar-refractivity contribution in [2.45, 2.75) is 52.6 Å². The van der Waals surface area contributed by atoms with E-state index in [9.17, 15) is 15.0 Å². The van der Waals surface area contributed by atoms with E-state index in [1.807, 2.05) is 0 Å². The van der Waals surface area contributed by atoms with Gasteiger partial charge in [-0.2, -0.15) is 0 Å². The SMILES string of the molecule is CCCCCc1cc(O)cc(O)c1C(=O)OC(C)C. The van der Waals surface area contributed by atoms with Crippen molar-refractivity contribution in [3.63, 3.8) is 0 Å². The Balaban J connectivity index is 3.02. The summed E-state index contributed by atoms with van der Waals surface area (Å²) < 4.78 is 5.12. The molecule has 0 saturated heterocycles. The predicted octanol–water partition coefficient (Wildman–Crippen LogP) is 3.40. The summed E-state index contributed by atoms with van der Waals surface area (Å²) in [5.41, 5.74) is 0.805. The quantitative estimate of drug-likeness (QED) is 0.611. The molecule has 1 rings (SSSR count). The molecule has 0 bridgehead atoms. The molecule has 0 aromatic heterocycles. The van der Waals surface area contributed by atoms with Gasteiger partial charge in [0.05, 0.1) is 6.10 Å². The van der Waals surface area contributed by atoms with Crippen LogP contribution in [0, 0.1) is 0 Å². The van der Waals surface area contributed by atoms with Crippen molar-refractivity contribution in [2.24, 2.45) is 0 Å². The lowest BCUT2D eigenvalue weighted by molar-refractivity contribution is 0.0373. The van der Waals surface area contributed by atoms with Crippen LogP contribution in [0.2, 0.25) is 0 Å². The lowest BCUT2D eigenvalue weighted by atomic mass is 10.00. The van der Waals surface area contributed by atoms with Crippen LogP contribution in [-0.4, -0.2) is 22.3 Å². The number of hydrogen-bond donors (Lipinski definition) is 2. The van der Waals surface area contributed by atoms with Gasteiger partial charge in [0.1, 0.15) is 17.1 Å². The minimum atomic E-state index is -0.543. The van der Waals surface area contributed by atoms with E-state index in [-0.39, 0.29) is 23.2 Å². The maximum Gasteiger partial charge on any atom is 0.342 e. The molecular weight excluding hydrogens is 244 g/mol. The van der Waals surface area contributed by atoms with Crippen LogP contribution >= 0.6 is 0 Å². The van der Waals surface area contributed by atoms with Gasteiger partial charge < -0.3 is 14.9 Å². The number of benzene rings is 1. The smallest absolute Gasteiger partial charge is 0.342 e. The summed E-state index contributed by atoms with van der Waals surface area (Å²) in [6, 6.07) is 2.69. The van der Waals surface area contributed by atoms with E-state index in [0.29, 0.717) is 12.0 Å². The van der Waals surface area contributed by atoms with Gasteiger partial charge in [0.15, 0.2) is 0 Å². The number of phenolic OH excluding ortho intramolecular Hbond substituents is 2. The summed E-state index contributed by atoms with van der Waals surface area (Å²) in [6.45, 7) is 5.60. The van der Waals surface area contributed by atoms with Gasteiger partial charge in [0.25, 0.3) is 0 Å². The van der Waals surface area contributed by atoms with Gasteiger partial charge in [0, 0.05) is 6.07 Å². The molecule has 0 aliphatic rings. The minimum absolute atomic E-state index is 0.0369. The highest BCUT2D eigenvalue weighted by atomic mass is 16.5. The molecule has 4 nitrogen and oxygen atoms in total. The van der Waals surface area contributed by atoms with E-state index in [0.717, 1.165) is 19.3 Å². The molecule has 1 aromatic carbocycles. The number of rotatable bonds is 6. The monoisotopic (exact) mass is 266 g/mol. The minimum Gasteiger partial charge on any atom is -0.508 e. The molecule has 0 unspecified atom stereocenters. The number of carbonyl (C=O) groups excluding carboxylic acids is 1. The van der Waals surface area contributed by atoms with E-state index in [1.165, 1.54) is 12.1 Å². The highest BCUT2D eigenvalue weighted by molar-refractivity contribution is 5.94. The molecule has 2 N–H and O–H groups in total. The van der Waals surface area contributed by atoms with Crippen molar-refractivity contribution < 1.29 is 19.7 Å². The van der Waals surface area contributed by atoms with Crippen LogP contribution in [-0.2, 0) is 11.2 Å². The van der Waals surface area contributed by atoms with Gasteiger partial charge in [-0.15, -0.1) is 0 Å². The predicted molar refractivity (Wildman–Crippen MR) is 73.6 cm³/mol. The van der Waals surface area contributed by atoms with Crippen molar-refractivity contribution in [1.29, 1.82) is 0 Å². The molecule has 0 spiro atoms. The zero-order valence-electron chi connectivity index (χ0n) is 11.8. The summed E-state index contributed by atoms with van der Waals surface area (Å²) in [7, 11) is 0. The third kappa shape index (κ3) is 4.47. The third-order valence-electron chi connectivity index (χ3n) is 2.78. The van der Waals surface area contributed by atoms with E-state index in [1.54, 1.807) is 13.8 Å². The highest BCUT2D eigenvalue weighted by Gasteiger charge is 2.19. The standard InChI is InChI=1S/C15H22O4/c1-4-5-6-7-11-8-12(16)9-13(17)14(11)15(18)19-10(2)3/h8-10,16-17H,4-7H2,1-3H3. The number of esters is 1. The van der Waals surface area contributed by atoms with Crippen LogP contribution in [0.4, 0.5) is 0 Å². The van der Waals surface area contributed by atoms with Crippen LogP contribution in [0.25, 0.3) is 0 Å². The van der Waals surface area contributed by atoms with Gasteiger partial charge in [-0.25, -0.2) is 4.79 Å². The summed E-state index contributed by atoms with van der Waals surface area (Å²) in [4.78, 5) is 12.0. The maximum atomic E-state index is 12.0. The summed E-state index contributed by atoms with van der Waals surface area (Å²) in [5.74, 6) is -0.804. The highest BCUT2D eigenvalue weighted by Crippen LogP contribution is 2.29. The lowest BCUT2D eigenvalue weighted by Crippen LogP contribution is -2.14. The van der Waals surface area contributed by atoms with Crippen LogP contribution in [0.3, 0.4) is 0 Å². The van der Waals surface area contributed by atoms with Gasteiger partial charge in [0.2, 0.25) is 0 Å². The number of hydrogen-bond acceptors (Lipinski definition) is 4. The zero-order valence-corrected chi connectivity index (χ0v) is 11.8. The summed E-state index contributed by atoms with van der Waals surface area (Å²) in [5, 5.41) is 19.4. The molecule has 4 heteroatoms. The Morgan fingerprint density at radius 1 is 1.26 bits per heavy atom.